The number of esters is 1. The van der Waals surface area contributed by atoms with Gasteiger partial charge < -0.3 is 9.47 Å². The number of carbonyl (C=O) groups is 2. The minimum atomic E-state index is -0.454. The standard InChI is InChI=1S/C11H16O4/c1-8(2)10(12)7-14-5-6-15-11(13)9(3)4/h1,3,5-7H2,2,4H3. The smallest absolute Gasteiger partial charge is 0.333 e. The lowest BCUT2D eigenvalue weighted by molar-refractivity contribution is -0.140. The molecule has 0 unspecified atom stereocenters. The fraction of sp³-hybridized carbons (Fsp3) is 0.455. The van der Waals surface area contributed by atoms with Gasteiger partial charge in [0.2, 0.25) is 0 Å². The van der Waals surface area contributed by atoms with Gasteiger partial charge in [-0.2, -0.15) is 0 Å². The van der Waals surface area contributed by atoms with Crippen LogP contribution in [-0.4, -0.2) is 31.6 Å². The van der Waals surface area contributed by atoms with Gasteiger partial charge in [-0.3, -0.25) is 4.79 Å². The van der Waals surface area contributed by atoms with Crippen molar-refractivity contribution in [3.8, 4) is 0 Å². The van der Waals surface area contributed by atoms with Crippen molar-refractivity contribution >= 4 is 11.8 Å². The van der Waals surface area contributed by atoms with Gasteiger partial charge in [0.15, 0.2) is 5.78 Å². The number of ketones is 1. The molecule has 4 nitrogen and oxygen atoms in total. The van der Waals surface area contributed by atoms with Crippen molar-refractivity contribution in [2.45, 2.75) is 13.8 Å². The Labute approximate surface area is 89.6 Å². The summed E-state index contributed by atoms with van der Waals surface area (Å²) in [7, 11) is 0. The van der Waals surface area contributed by atoms with Crippen LogP contribution in [0.2, 0.25) is 0 Å². The highest BCUT2D eigenvalue weighted by Gasteiger charge is 2.04. The van der Waals surface area contributed by atoms with Crippen molar-refractivity contribution in [1.29, 1.82) is 0 Å². The highest BCUT2D eigenvalue weighted by Crippen LogP contribution is 1.93. The van der Waals surface area contributed by atoms with Crippen molar-refractivity contribution < 1.29 is 19.1 Å². The van der Waals surface area contributed by atoms with Gasteiger partial charge in [-0.15, -0.1) is 0 Å². The molecule has 0 aromatic carbocycles. The van der Waals surface area contributed by atoms with Crippen molar-refractivity contribution in [2.75, 3.05) is 19.8 Å². The zero-order valence-corrected chi connectivity index (χ0v) is 9.17. The normalized spacial score (nSPS) is 9.47. The van der Waals surface area contributed by atoms with Gasteiger partial charge in [0.1, 0.15) is 13.2 Å². The third-order valence-electron chi connectivity index (χ3n) is 1.52. The lowest BCUT2D eigenvalue weighted by atomic mass is 10.2. The predicted molar refractivity (Wildman–Crippen MR) is 56.4 cm³/mol. The van der Waals surface area contributed by atoms with Crippen molar-refractivity contribution in [2.24, 2.45) is 0 Å². The number of hydrogen-bond acceptors (Lipinski definition) is 4. The van der Waals surface area contributed by atoms with Crippen LogP contribution in [0, 0.1) is 0 Å². The summed E-state index contributed by atoms with van der Waals surface area (Å²) in [5, 5.41) is 0. The van der Waals surface area contributed by atoms with Crippen LogP contribution in [0.4, 0.5) is 0 Å². The molecule has 0 atom stereocenters. The Bertz CT molecular complexity index is 250. The SMILES string of the molecule is C=C(C)C(=O)COCCOC(=O)C(=C)C. The average molecular weight is 212 g/mol. The summed E-state index contributed by atoms with van der Waals surface area (Å²) in [5.74, 6) is -0.606. The van der Waals surface area contributed by atoms with Crippen molar-refractivity contribution in [3.05, 3.63) is 24.3 Å². The maximum absolute atomic E-state index is 11.0. The Hall–Kier alpha value is -1.42. The molecule has 15 heavy (non-hydrogen) atoms. The first-order valence-corrected chi connectivity index (χ1v) is 4.54. The van der Waals surface area contributed by atoms with Crippen LogP contribution in [0.15, 0.2) is 24.3 Å². The first-order valence-electron chi connectivity index (χ1n) is 4.54. The van der Waals surface area contributed by atoms with E-state index in [2.05, 4.69) is 13.2 Å². The molecule has 0 aliphatic carbocycles. The minimum Gasteiger partial charge on any atom is -0.460 e. The Kier molecular flexibility index (Phi) is 6.29. The quantitative estimate of drug-likeness (QED) is 0.362. The largest absolute Gasteiger partial charge is 0.460 e. The summed E-state index contributed by atoms with van der Waals surface area (Å²) >= 11 is 0. The Morgan fingerprint density at radius 2 is 1.67 bits per heavy atom. The fourth-order valence-corrected chi connectivity index (χ4v) is 0.605. The van der Waals surface area contributed by atoms with Crippen LogP contribution in [0.1, 0.15) is 13.8 Å². The predicted octanol–water partition coefficient (Wildman–Crippen LogP) is 1.27. The van der Waals surface area contributed by atoms with Gasteiger partial charge in [0, 0.05) is 5.57 Å². The highest BCUT2D eigenvalue weighted by molar-refractivity contribution is 5.95. The maximum Gasteiger partial charge on any atom is 0.333 e. The van der Waals surface area contributed by atoms with Crippen LogP contribution in [0.5, 0.6) is 0 Å². The molecule has 0 spiro atoms. The van der Waals surface area contributed by atoms with Gasteiger partial charge in [-0.1, -0.05) is 13.2 Å². The first kappa shape index (κ1) is 13.6. The number of carbonyl (C=O) groups excluding carboxylic acids is 2. The van der Waals surface area contributed by atoms with E-state index >= 15 is 0 Å². The molecule has 0 rings (SSSR count). The third-order valence-corrected chi connectivity index (χ3v) is 1.52. The number of Topliss-reactive ketones (excluding diaryl/α,β-unsaturated/α-hetero) is 1. The zero-order valence-electron chi connectivity index (χ0n) is 9.17. The van der Waals surface area contributed by atoms with E-state index < -0.39 is 5.97 Å². The topological polar surface area (TPSA) is 52.6 Å². The molecule has 0 amide bonds. The lowest BCUT2D eigenvalue weighted by Gasteiger charge is -2.05. The Morgan fingerprint density at radius 1 is 1.07 bits per heavy atom. The molecule has 0 aliphatic rings. The number of rotatable bonds is 7. The second-order valence-electron chi connectivity index (χ2n) is 3.17. The molecule has 0 heterocycles. The lowest BCUT2D eigenvalue weighted by Crippen LogP contribution is -2.15. The summed E-state index contributed by atoms with van der Waals surface area (Å²) in [6, 6.07) is 0. The molecule has 0 aliphatic heterocycles. The molecule has 0 saturated heterocycles. The maximum atomic E-state index is 11.0. The summed E-state index contributed by atoms with van der Waals surface area (Å²) in [5.41, 5.74) is 0.793. The first-order chi connectivity index (χ1) is 6.95. The van der Waals surface area contributed by atoms with Crippen LogP contribution >= 0.6 is 0 Å². The Morgan fingerprint density at radius 3 is 2.13 bits per heavy atom. The van der Waals surface area contributed by atoms with Crippen LogP contribution in [0.25, 0.3) is 0 Å². The number of hydrogen-bond donors (Lipinski definition) is 0. The second kappa shape index (κ2) is 6.95. The molecule has 0 bridgehead atoms. The molecule has 0 saturated carbocycles. The molecule has 0 radical (unpaired) electrons. The molecule has 0 aromatic heterocycles. The molecular formula is C11H16O4. The summed E-state index contributed by atoms with van der Waals surface area (Å²) < 4.78 is 9.72. The minimum absolute atomic E-state index is 0.0278. The summed E-state index contributed by atoms with van der Waals surface area (Å²) in [4.78, 5) is 21.9. The van der Waals surface area contributed by atoms with E-state index in [1.54, 1.807) is 13.8 Å². The monoisotopic (exact) mass is 212 g/mol. The van der Waals surface area contributed by atoms with E-state index in [0.717, 1.165) is 0 Å². The van der Waals surface area contributed by atoms with Gasteiger partial charge in [-0.25, -0.2) is 4.79 Å². The van der Waals surface area contributed by atoms with Crippen LogP contribution in [-0.2, 0) is 19.1 Å². The molecular weight excluding hydrogens is 196 g/mol. The van der Waals surface area contributed by atoms with E-state index in [-0.39, 0.29) is 25.6 Å². The fourth-order valence-electron chi connectivity index (χ4n) is 0.605. The molecule has 0 aromatic rings. The van der Waals surface area contributed by atoms with E-state index in [1.807, 2.05) is 0 Å². The summed E-state index contributed by atoms with van der Waals surface area (Å²) in [6.07, 6.45) is 0. The van der Waals surface area contributed by atoms with E-state index in [9.17, 15) is 9.59 Å². The molecule has 4 heteroatoms. The van der Waals surface area contributed by atoms with E-state index in [0.29, 0.717) is 11.1 Å². The van der Waals surface area contributed by atoms with Gasteiger partial charge >= 0.3 is 5.97 Å². The van der Waals surface area contributed by atoms with Crippen molar-refractivity contribution in [3.63, 3.8) is 0 Å². The second-order valence-corrected chi connectivity index (χ2v) is 3.17. The van der Waals surface area contributed by atoms with Crippen LogP contribution in [0.3, 0.4) is 0 Å². The van der Waals surface area contributed by atoms with Crippen molar-refractivity contribution in [1.82, 2.24) is 0 Å². The highest BCUT2D eigenvalue weighted by atomic mass is 16.6. The van der Waals surface area contributed by atoms with E-state index in [1.165, 1.54) is 0 Å². The average Bonchev–Trinajstić information content (AvgIpc) is 2.16. The van der Waals surface area contributed by atoms with Gasteiger partial charge in [-0.05, 0) is 19.4 Å². The van der Waals surface area contributed by atoms with Gasteiger partial charge in [0.25, 0.3) is 0 Å². The number of ether oxygens (including phenoxy) is 2. The summed E-state index contributed by atoms with van der Waals surface area (Å²) in [6.45, 7) is 10.4. The third kappa shape index (κ3) is 6.62. The van der Waals surface area contributed by atoms with E-state index in [4.69, 9.17) is 9.47 Å². The van der Waals surface area contributed by atoms with Gasteiger partial charge in [0.05, 0.1) is 6.61 Å². The Balaban J connectivity index is 3.48. The molecule has 0 N–H and O–H groups in total. The molecule has 84 valence electrons. The zero-order chi connectivity index (χ0) is 11.8. The van der Waals surface area contributed by atoms with Crippen LogP contribution < -0.4 is 0 Å². The molecule has 0 fully saturated rings.